The maximum atomic E-state index is 6.58. The van der Waals surface area contributed by atoms with Gasteiger partial charge in [0, 0.05) is 49.1 Å². The van der Waals surface area contributed by atoms with Crippen molar-refractivity contribution >= 4 is 87.1 Å². The van der Waals surface area contributed by atoms with E-state index >= 15 is 0 Å². The maximum Gasteiger partial charge on any atom is 0.143 e. The SMILES string of the molecule is c1ccc(-n2c3cc4c(cc3c3c5ccccc5ccc32)c2ccccc2n4-c2cccc(-c3cccc4oc5c6ccccc6ccc5c34)c2)cc1. The Morgan fingerprint density at radius 3 is 1.91 bits per heavy atom. The number of aromatic nitrogens is 2. The van der Waals surface area contributed by atoms with Crippen LogP contribution >= 0.6 is 0 Å². The molecule has 0 saturated heterocycles. The minimum Gasteiger partial charge on any atom is -0.455 e. The van der Waals surface area contributed by atoms with E-state index in [1.54, 1.807) is 0 Å². The smallest absolute Gasteiger partial charge is 0.143 e. The van der Waals surface area contributed by atoms with Crippen LogP contribution in [0.2, 0.25) is 0 Å². The van der Waals surface area contributed by atoms with Crippen LogP contribution in [0.5, 0.6) is 0 Å². The zero-order valence-corrected chi connectivity index (χ0v) is 28.6. The second kappa shape index (κ2) is 10.7. The fourth-order valence-electron chi connectivity index (χ4n) is 8.99. The Kier molecular flexibility index (Phi) is 5.77. The van der Waals surface area contributed by atoms with Crippen LogP contribution in [0.4, 0.5) is 0 Å². The van der Waals surface area contributed by atoms with Gasteiger partial charge in [0.2, 0.25) is 0 Å². The van der Waals surface area contributed by atoms with Crippen molar-refractivity contribution in [1.82, 2.24) is 9.13 Å². The predicted molar refractivity (Wildman–Crippen MR) is 223 cm³/mol. The molecule has 0 spiro atoms. The molecule has 12 rings (SSSR count). The lowest BCUT2D eigenvalue weighted by atomic mass is 9.98. The Balaban J connectivity index is 1.15. The van der Waals surface area contributed by atoms with Crippen molar-refractivity contribution in [3.63, 3.8) is 0 Å². The van der Waals surface area contributed by atoms with Gasteiger partial charge in [0.1, 0.15) is 11.2 Å². The van der Waals surface area contributed by atoms with E-state index in [1.165, 1.54) is 59.8 Å². The average Bonchev–Trinajstić information content (AvgIpc) is 3.88. The first-order valence-electron chi connectivity index (χ1n) is 18.2. The van der Waals surface area contributed by atoms with Crippen molar-refractivity contribution in [3.05, 3.63) is 182 Å². The molecule has 0 aliphatic rings. The van der Waals surface area contributed by atoms with Crippen LogP contribution in [0.3, 0.4) is 0 Å². The van der Waals surface area contributed by atoms with Crippen molar-refractivity contribution in [3.8, 4) is 22.5 Å². The van der Waals surface area contributed by atoms with E-state index in [0.29, 0.717) is 0 Å². The molecule has 3 heterocycles. The molecule has 246 valence electrons. The fourth-order valence-corrected chi connectivity index (χ4v) is 8.99. The highest BCUT2D eigenvalue weighted by atomic mass is 16.3. The first-order chi connectivity index (χ1) is 26.3. The molecule has 0 saturated carbocycles. The number of fused-ring (bicyclic) bond motifs is 13. The molecule has 0 unspecified atom stereocenters. The molecule has 0 aliphatic carbocycles. The van der Waals surface area contributed by atoms with E-state index in [-0.39, 0.29) is 0 Å². The van der Waals surface area contributed by atoms with Crippen LogP contribution in [0.25, 0.3) is 110 Å². The van der Waals surface area contributed by atoms with Crippen LogP contribution < -0.4 is 0 Å². The van der Waals surface area contributed by atoms with Crippen molar-refractivity contribution in [2.45, 2.75) is 0 Å². The van der Waals surface area contributed by atoms with Gasteiger partial charge in [-0.15, -0.1) is 0 Å². The Morgan fingerprint density at radius 2 is 1.02 bits per heavy atom. The van der Waals surface area contributed by atoms with E-state index in [4.69, 9.17) is 4.42 Å². The largest absolute Gasteiger partial charge is 0.455 e. The molecule has 12 aromatic rings. The summed E-state index contributed by atoms with van der Waals surface area (Å²) in [5, 5.41) is 12.2. The predicted octanol–water partition coefficient (Wildman–Crippen LogP) is 13.8. The van der Waals surface area contributed by atoms with Crippen LogP contribution in [-0.4, -0.2) is 9.13 Å². The lowest BCUT2D eigenvalue weighted by molar-refractivity contribution is 0.673. The third-order valence-corrected chi connectivity index (χ3v) is 11.3. The minimum absolute atomic E-state index is 0.903. The summed E-state index contributed by atoms with van der Waals surface area (Å²) in [5.74, 6) is 0. The highest BCUT2D eigenvalue weighted by molar-refractivity contribution is 6.25. The molecular weight excluding hydrogens is 645 g/mol. The second-order valence-electron chi connectivity index (χ2n) is 14.1. The Bertz CT molecular complexity index is 3450. The van der Waals surface area contributed by atoms with Crippen molar-refractivity contribution in [2.24, 2.45) is 0 Å². The van der Waals surface area contributed by atoms with Crippen molar-refractivity contribution in [2.75, 3.05) is 0 Å². The number of furan rings is 1. The topological polar surface area (TPSA) is 23.0 Å². The first kappa shape index (κ1) is 28.6. The lowest BCUT2D eigenvalue weighted by Crippen LogP contribution is -1.96. The summed E-state index contributed by atoms with van der Waals surface area (Å²) < 4.78 is 11.5. The molecule has 0 atom stereocenters. The van der Waals surface area contributed by atoms with Gasteiger partial charge >= 0.3 is 0 Å². The van der Waals surface area contributed by atoms with Gasteiger partial charge in [-0.2, -0.15) is 0 Å². The van der Waals surface area contributed by atoms with E-state index in [1.807, 2.05) is 0 Å². The molecule has 0 aliphatic heterocycles. The maximum absolute atomic E-state index is 6.58. The van der Waals surface area contributed by atoms with Crippen LogP contribution in [0.1, 0.15) is 0 Å². The van der Waals surface area contributed by atoms with Crippen LogP contribution in [-0.2, 0) is 0 Å². The monoisotopic (exact) mass is 674 g/mol. The Hall–Kier alpha value is -7.10. The molecule has 3 heteroatoms. The van der Waals surface area contributed by atoms with Crippen LogP contribution in [0, 0.1) is 0 Å². The number of hydrogen-bond acceptors (Lipinski definition) is 1. The number of benzene rings is 9. The van der Waals surface area contributed by atoms with E-state index in [0.717, 1.165) is 49.8 Å². The van der Waals surface area contributed by atoms with E-state index < -0.39 is 0 Å². The summed E-state index contributed by atoms with van der Waals surface area (Å²) in [6.45, 7) is 0. The molecule has 3 aromatic heterocycles. The van der Waals surface area contributed by atoms with E-state index in [2.05, 4.69) is 191 Å². The number of rotatable bonds is 3. The number of nitrogens with zero attached hydrogens (tertiary/aromatic N) is 2. The van der Waals surface area contributed by atoms with Gasteiger partial charge in [-0.3, -0.25) is 0 Å². The summed E-state index contributed by atoms with van der Waals surface area (Å²) in [4.78, 5) is 0. The van der Waals surface area contributed by atoms with Gasteiger partial charge in [0.25, 0.3) is 0 Å². The van der Waals surface area contributed by atoms with Gasteiger partial charge in [-0.1, -0.05) is 121 Å². The highest BCUT2D eigenvalue weighted by Gasteiger charge is 2.21. The van der Waals surface area contributed by atoms with Crippen molar-refractivity contribution < 1.29 is 4.42 Å². The fraction of sp³-hybridized carbons (Fsp3) is 0. The quantitative estimate of drug-likeness (QED) is 0.183. The Morgan fingerprint density at radius 1 is 0.340 bits per heavy atom. The summed E-state index contributed by atoms with van der Waals surface area (Å²) in [6.07, 6.45) is 0. The standard InChI is InChI=1S/C50H30N2O/c1-2-15-34(16-3-1)51-44-27-25-31-12-4-6-18-36(31)48(44)42-29-41-39-20-8-9-22-43(39)52(45(41)30-46(42)51)35-17-10-14-33(28-35)37-21-11-23-47-49(37)40-26-24-32-13-5-7-19-38(32)50(40)53-47/h1-30H. The van der Waals surface area contributed by atoms with E-state index in [9.17, 15) is 0 Å². The summed E-state index contributed by atoms with van der Waals surface area (Å²) >= 11 is 0. The molecule has 3 nitrogen and oxygen atoms in total. The first-order valence-corrected chi connectivity index (χ1v) is 18.2. The molecule has 0 bridgehead atoms. The third-order valence-electron chi connectivity index (χ3n) is 11.3. The van der Waals surface area contributed by atoms with Gasteiger partial charge in [0.15, 0.2) is 0 Å². The molecule has 53 heavy (non-hydrogen) atoms. The van der Waals surface area contributed by atoms with Crippen LogP contribution in [0.15, 0.2) is 186 Å². The second-order valence-corrected chi connectivity index (χ2v) is 14.1. The zero-order valence-electron chi connectivity index (χ0n) is 28.6. The molecular formula is C50H30N2O. The summed E-state index contributed by atoms with van der Waals surface area (Å²) in [6, 6.07) is 66.0. The molecule has 9 aromatic carbocycles. The van der Waals surface area contributed by atoms with Gasteiger partial charge in [0.05, 0.1) is 22.1 Å². The van der Waals surface area contributed by atoms with Gasteiger partial charge in [-0.05, 0) is 87.9 Å². The highest BCUT2D eigenvalue weighted by Crippen LogP contribution is 2.43. The normalized spacial score (nSPS) is 12.2. The lowest BCUT2D eigenvalue weighted by Gasteiger charge is -2.12. The third kappa shape index (κ3) is 3.99. The number of hydrogen-bond donors (Lipinski definition) is 0. The van der Waals surface area contributed by atoms with Crippen molar-refractivity contribution in [1.29, 1.82) is 0 Å². The van der Waals surface area contributed by atoms with Gasteiger partial charge < -0.3 is 13.6 Å². The summed E-state index contributed by atoms with van der Waals surface area (Å²) in [7, 11) is 0. The summed E-state index contributed by atoms with van der Waals surface area (Å²) in [5.41, 5.74) is 11.2. The molecule has 0 amide bonds. The molecule has 0 N–H and O–H groups in total. The van der Waals surface area contributed by atoms with Gasteiger partial charge in [-0.25, -0.2) is 0 Å². The minimum atomic E-state index is 0.903. The molecule has 0 fully saturated rings. The average molecular weight is 675 g/mol. The zero-order chi connectivity index (χ0) is 34.6. The Labute approximate surface area is 304 Å². The number of para-hydroxylation sites is 2. The molecule has 0 radical (unpaired) electrons.